The first-order chi connectivity index (χ1) is 7.58. The lowest BCUT2D eigenvalue weighted by atomic mass is 10.2. The summed E-state index contributed by atoms with van der Waals surface area (Å²) < 4.78 is 1.67. The third-order valence-corrected chi connectivity index (χ3v) is 2.30. The van der Waals surface area contributed by atoms with Crippen molar-refractivity contribution in [3.05, 3.63) is 11.8 Å². The Balaban J connectivity index is 2.43. The van der Waals surface area contributed by atoms with E-state index in [9.17, 15) is 0 Å². The van der Waals surface area contributed by atoms with Gasteiger partial charge in [-0.25, -0.2) is 9.67 Å². The summed E-state index contributed by atoms with van der Waals surface area (Å²) in [4.78, 5) is 4.39. The standard InChI is InChI=1S/C10H16N6/c1-6(11)5-12-8-4-7(2)13-10-9(8)14-15-16(10)3/h4,6H,5,11H2,1-3H3,(H,12,13). The molecule has 2 rings (SSSR count). The normalized spacial score (nSPS) is 13.0. The third-order valence-electron chi connectivity index (χ3n) is 2.30. The van der Waals surface area contributed by atoms with Crippen LogP contribution in [0.3, 0.4) is 0 Å². The molecule has 1 atom stereocenters. The number of fused-ring (bicyclic) bond motifs is 1. The van der Waals surface area contributed by atoms with Gasteiger partial charge in [-0.2, -0.15) is 0 Å². The Morgan fingerprint density at radius 3 is 3.00 bits per heavy atom. The van der Waals surface area contributed by atoms with Crippen LogP contribution < -0.4 is 11.1 Å². The molecular formula is C10H16N6. The van der Waals surface area contributed by atoms with Crippen LogP contribution in [0.1, 0.15) is 12.6 Å². The second kappa shape index (κ2) is 4.05. The minimum atomic E-state index is 0.0974. The van der Waals surface area contributed by atoms with Crippen molar-refractivity contribution in [3.63, 3.8) is 0 Å². The molecule has 2 aromatic heterocycles. The molecule has 0 amide bonds. The Morgan fingerprint density at radius 1 is 1.56 bits per heavy atom. The van der Waals surface area contributed by atoms with Crippen molar-refractivity contribution in [1.82, 2.24) is 20.0 Å². The number of hydrogen-bond donors (Lipinski definition) is 2. The van der Waals surface area contributed by atoms with E-state index in [-0.39, 0.29) is 6.04 Å². The smallest absolute Gasteiger partial charge is 0.180 e. The van der Waals surface area contributed by atoms with Gasteiger partial charge in [0.15, 0.2) is 11.2 Å². The van der Waals surface area contributed by atoms with Crippen molar-refractivity contribution >= 4 is 16.9 Å². The highest BCUT2D eigenvalue weighted by molar-refractivity contribution is 5.85. The quantitative estimate of drug-likeness (QED) is 0.784. The fourth-order valence-electron chi connectivity index (χ4n) is 1.53. The molecule has 16 heavy (non-hydrogen) atoms. The number of aryl methyl sites for hydroxylation is 2. The van der Waals surface area contributed by atoms with Gasteiger partial charge in [0, 0.05) is 25.3 Å². The topological polar surface area (TPSA) is 81.6 Å². The van der Waals surface area contributed by atoms with Gasteiger partial charge in [0.25, 0.3) is 0 Å². The van der Waals surface area contributed by atoms with E-state index in [0.29, 0.717) is 6.54 Å². The molecule has 0 aliphatic carbocycles. The molecule has 86 valence electrons. The molecule has 2 heterocycles. The number of aromatic nitrogens is 4. The fourth-order valence-corrected chi connectivity index (χ4v) is 1.53. The van der Waals surface area contributed by atoms with Gasteiger partial charge < -0.3 is 11.1 Å². The Kier molecular flexibility index (Phi) is 2.74. The van der Waals surface area contributed by atoms with Gasteiger partial charge in [0.1, 0.15) is 0 Å². The highest BCUT2D eigenvalue weighted by Crippen LogP contribution is 2.19. The first-order valence-electron chi connectivity index (χ1n) is 5.24. The lowest BCUT2D eigenvalue weighted by Gasteiger charge is -2.09. The summed E-state index contributed by atoms with van der Waals surface area (Å²) in [6, 6.07) is 2.06. The van der Waals surface area contributed by atoms with Gasteiger partial charge in [-0.3, -0.25) is 0 Å². The van der Waals surface area contributed by atoms with Gasteiger partial charge in [-0.15, -0.1) is 5.10 Å². The molecule has 0 saturated heterocycles. The van der Waals surface area contributed by atoms with Crippen molar-refractivity contribution in [2.45, 2.75) is 19.9 Å². The monoisotopic (exact) mass is 220 g/mol. The molecule has 1 unspecified atom stereocenters. The maximum atomic E-state index is 5.71. The molecule has 0 aromatic carbocycles. The van der Waals surface area contributed by atoms with Crippen LogP contribution in [0.2, 0.25) is 0 Å². The Hall–Kier alpha value is -1.69. The van der Waals surface area contributed by atoms with Crippen LogP contribution in [-0.4, -0.2) is 32.6 Å². The molecule has 0 spiro atoms. The highest BCUT2D eigenvalue weighted by atomic mass is 15.4. The predicted molar refractivity (Wildman–Crippen MR) is 63.2 cm³/mol. The Morgan fingerprint density at radius 2 is 2.31 bits per heavy atom. The first-order valence-corrected chi connectivity index (χ1v) is 5.24. The molecule has 0 saturated carbocycles. The molecule has 0 bridgehead atoms. The second-order valence-corrected chi connectivity index (χ2v) is 4.05. The van der Waals surface area contributed by atoms with E-state index in [1.165, 1.54) is 0 Å². The van der Waals surface area contributed by atoms with E-state index >= 15 is 0 Å². The lowest BCUT2D eigenvalue weighted by molar-refractivity contribution is 0.729. The molecule has 0 aliphatic rings. The van der Waals surface area contributed by atoms with Gasteiger partial charge in [0.05, 0.1) is 5.69 Å². The number of nitrogens with zero attached hydrogens (tertiary/aromatic N) is 4. The van der Waals surface area contributed by atoms with E-state index in [1.807, 2.05) is 27.0 Å². The Bertz CT molecular complexity index is 501. The maximum absolute atomic E-state index is 5.71. The largest absolute Gasteiger partial charge is 0.382 e. The van der Waals surface area contributed by atoms with Crippen molar-refractivity contribution in [2.75, 3.05) is 11.9 Å². The zero-order valence-electron chi connectivity index (χ0n) is 9.73. The summed E-state index contributed by atoms with van der Waals surface area (Å²) in [7, 11) is 1.83. The molecule has 0 radical (unpaired) electrons. The minimum Gasteiger partial charge on any atom is -0.382 e. The van der Waals surface area contributed by atoms with Crippen LogP contribution in [0.4, 0.5) is 5.69 Å². The highest BCUT2D eigenvalue weighted by Gasteiger charge is 2.09. The van der Waals surface area contributed by atoms with Crippen molar-refractivity contribution in [1.29, 1.82) is 0 Å². The zero-order valence-corrected chi connectivity index (χ0v) is 9.73. The van der Waals surface area contributed by atoms with Crippen LogP contribution in [0.25, 0.3) is 11.2 Å². The van der Waals surface area contributed by atoms with Crippen molar-refractivity contribution < 1.29 is 0 Å². The molecule has 3 N–H and O–H groups in total. The summed E-state index contributed by atoms with van der Waals surface area (Å²) in [5, 5.41) is 11.3. The number of anilines is 1. The minimum absolute atomic E-state index is 0.0974. The number of nitrogens with two attached hydrogens (primary N) is 1. The van der Waals surface area contributed by atoms with Gasteiger partial charge in [-0.05, 0) is 19.9 Å². The van der Waals surface area contributed by atoms with Crippen LogP contribution in [0, 0.1) is 6.92 Å². The molecule has 6 heteroatoms. The van der Waals surface area contributed by atoms with E-state index in [2.05, 4.69) is 20.6 Å². The van der Waals surface area contributed by atoms with Crippen molar-refractivity contribution in [2.24, 2.45) is 12.8 Å². The maximum Gasteiger partial charge on any atom is 0.180 e. The average Bonchev–Trinajstić information content (AvgIpc) is 2.57. The van der Waals surface area contributed by atoms with Crippen LogP contribution in [0.5, 0.6) is 0 Å². The summed E-state index contributed by atoms with van der Waals surface area (Å²) in [5.74, 6) is 0. The van der Waals surface area contributed by atoms with E-state index in [0.717, 1.165) is 22.5 Å². The Labute approximate surface area is 93.8 Å². The first kappa shape index (κ1) is 10.8. The summed E-state index contributed by atoms with van der Waals surface area (Å²) in [5.41, 5.74) is 9.15. The van der Waals surface area contributed by atoms with Gasteiger partial charge in [-0.1, -0.05) is 5.21 Å². The SMILES string of the molecule is Cc1cc(NCC(C)N)c2nnn(C)c2n1. The van der Waals surface area contributed by atoms with Gasteiger partial charge >= 0.3 is 0 Å². The van der Waals surface area contributed by atoms with E-state index in [1.54, 1.807) is 4.68 Å². The molecule has 2 aromatic rings. The zero-order chi connectivity index (χ0) is 11.7. The number of nitrogens with one attached hydrogen (secondary N) is 1. The van der Waals surface area contributed by atoms with Crippen molar-refractivity contribution in [3.8, 4) is 0 Å². The van der Waals surface area contributed by atoms with Crippen LogP contribution >= 0.6 is 0 Å². The molecular weight excluding hydrogens is 204 g/mol. The predicted octanol–water partition coefficient (Wildman–Crippen LogP) is 0.431. The van der Waals surface area contributed by atoms with Crippen LogP contribution in [0.15, 0.2) is 6.07 Å². The third kappa shape index (κ3) is 1.96. The molecule has 0 aliphatic heterocycles. The molecule has 6 nitrogen and oxygen atoms in total. The summed E-state index contributed by atoms with van der Waals surface area (Å²) >= 11 is 0. The lowest BCUT2D eigenvalue weighted by Crippen LogP contribution is -2.25. The summed E-state index contributed by atoms with van der Waals surface area (Å²) in [6.45, 7) is 4.60. The van der Waals surface area contributed by atoms with Gasteiger partial charge in [0.2, 0.25) is 0 Å². The number of rotatable bonds is 3. The van der Waals surface area contributed by atoms with E-state index < -0.39 is 0 Å². The average molecular weight is 220 g/mol. The summed E-state index contributed by atoms with van der Waals surface area (Å²) in [6.07, 6.45) is 0. The second-order valence-electron chi connectivity index (χ2n) is 4.05. The molecule has 0 fully saturated rings. The number of hydrogen-bond acceptors (Lipinski definition) is 5. The fraction of sp³-hybridized carbons (Fsp3) is 0.500. The number of pyridine rings is 1. The van der Waals surface area contributed by atoms with Crippen LogP contribution in [-0.2, 0) is 7.05 Å². The van der Waals surface area contributed by atoms with E-state index in [4.69, 9.17) is 5.73 Å².